The van der Waals surface area contributed by atoms with Crippen LogP contribution in [0.15, 0.2) is 24.4 Å². The van der Waals surface area contributed by atoms with Gasteiger partial charge in [0.2, 0.25) is 0 Å². The molecule has 196 valence electrons. The summed E-state index contributed by atoms with van der Waals surface area (Å²) in [5.74, 6) is -0.646. The van der Waals surface area contributed by atoms with Gasteiger partial charge in [-0.05, 0) is 65.6 Å². The second kappa shape index (κ2) is 9.78. The quantitative estimate of drug-likeness (QED) is 0.377. The molecule has 0 radical (unpaired) electrons. The fourth-order valence-corrected chi connectivity index (χ4v) is 3.82. The zero-order valence-electron chi connectivity index (χ0n) is 22.4. The second-order valence-corrected chi connectivity index (χ2v) is 10.8. The van der Waals surface area contributed by atoms with Crippen molar-refractivity contribution in [2.75, 3.05) is 14.2 Å². The largest absolute Gasteiger partial charge is 0.494 e. The van der Waals surface area contributed by atoms with Crippen LogP contribution in [-0.2, 0) is 34.7 Å². The third kappa shape index (κ3) is 5.68. The van der Waals surface area contributed by atoms with Gasteiger partial charge in [0.05, 0.1) is 30.9 Å². The lowest BCUT2D eigenvalue weighted by atomic mass is 9.78. The van der Waals surface area contributed by atoms with Gasteiger partial charge in [0.1, 0.15) is 11.6 Å². The summed E-state index contributed by atoms with van der Waals surface area (Å²) in [6, 6.07) is 4.47. The molecule has 1 amide bonds. The molecule has 36 heavy (non-hydrogen) atoms. The van der Waals surface area contributed by atoms with Gasteiger partial charge in [-0.15, -0.1) is 0 Å². The molecule has 10 nitrogen and oxygen atoms in total. The Kier molecular flexibility index (Phi) is 7.48. The summed E-state index contributed by atoms with van der Waals surface area (Å²) in [4.78, 5) is 37.3. The van der Waals surface area contributed by atoms with Crippen molar-refractivity contribution in [1.82, 2.24) is 9.88 Å². The van der Waals surface area contributed by atoms with Crippen molar-refractivity contribution >= 4 is 41.6 Å². The number of hydrogen-bond donors (Lipinski definition) is 1. The molecule has 0 aliphatic carbocycles. The van der Waals surface area contributed by atoms with Gasteiger partial charge in [0, 0.05) is 18.0 Å². The third-order valence-electron chi connectivity index (χ3n) is 6.42. The molecule has 1 fully saturated rings. The number of alkyl carbamates (subject to hydrolysis) is 1. The number of carbonyl (C=O) groups excluding carboxylic acids is 3. The lowest BCUT2D eigenvalue weighted by Crippen LogP contribution is -2.43. The number of esters is 1. The number of hydrogen-bond acceptors (Lipinski definition) is 8. The number of ether oxygens (including phenoxy) is 3. The lowest BCUT2D eigenvalue weighted by molar-refractivity contribution is -0.142. The number of benzene rings is 1. The minimum atomic E-state index is -1.03. The van der Waals surface area contributed by atoms with Gasteiger partial charge in [0.15, 0.2) is 0 Å². The highest BCUT2D eigenvalue weighted by atomic mass is 16.7. The first-order chi connectivity index (χ1) is 16.6. The molecule has 0 spiro atoms. The van der Waals surface area contributed by atoms with Gasteiger partial charge in [-0.3, -0.25) is 4.57 Å². The van der Waals surface area contributed by atoms with Crippen LogP contribution in [-0.4, -0.2) is 66.9 Å². The molecule has 1 aliphatic heterocycles. The Bertz CT molecular complexity index is 1150. The van der Waals surface area contributed by atoms with Crippen LogP contribution in [0.25, 0.3) is 10.9 Å². The molecule has 0 unspecified atom stereocenters. The number of rotatable bonds is 5. The maximum atomic E-state index is 13.1. The first-order valence-electron chi connectivity index (χ1n) is 11.7. The molecule has 11 heteroatoms. The molecule has 1 saturated heterocycles. The molecule has 0 saturated carbocycles. The van der Waals surface area contributed by atoms with E-state index in [0.717, 1.165) is 5.46 Å². The van der Waals surface area contributed by atoms with Crippen LogP contribution in [0.3, 0.4) is 0 Å². The van der Waals surface area contributed by atoms with Crippen LogP contribution in [0, 0.1) is 0 Å². The van der Waals surface area contributed by atoms with Crippen molar-refractivity contribution in [1.29, 1.82) is 0 Å². The van der Waals surface area contributed by atoms with E-state index >= 15 is 0 Å². The van der Waals surface area contributed by atoms with E-state index in [2.05, 4.69) is 10.1 Å². The molecular weight excluding hydrogens is 467 g/mol. The van der Waals surface area contributed by atoms with Gasteiger partial charge in [0.25, 0.3) is 0 Å². The standard InChI is InChI=1S/C25H35BN2O8/c1-23(2,3)34-22(31)28-14-15(12-18(20(29)32-8)27-21(30)33-9)17-11-10-16(13-19(17)28)26-35-24(4,5)25(6,7)36-26/h10-11,13-14,18H,12H2,1-9H3,(H,27,30)/t18-/m1/s1. The van der Waals surface area contributed by atoms with Crippen LogP contribution in [0.5, 0.6) is 0 Å². The Labute approximate surface area is 211 Å². The van der Waals surface area contributed by atoms with Gasteiger partial charge < -0.3 is 28.8 Å². The summed E-state index contributed by atoms with van der Waals surface area (Å²) < 4.78 is 28.9. The first-order valence-corrected chi connectivity index (χ1v) is 11.7. The highest BCUT2D eigenvalue weighted by Crippen LogP contribution is 2.37. The third-order valence-corrected chi connectivity index (χ3v) is 6.42. The fourth-order valence-electron chi connectivity index (χ4n) is 3.82. The molecular formula is C25H35BN2O8. The van der Waals surface area contributed by atoms with Crippen molar-refractivity contribution in [2.24, 2.45) is 0 Å². The van der Waals surface area contributed by atoms with Gasteiger partial charge >= 0.3 is 25.3 Å². The monoisotopic (exact) mass is 502 g/mol. The number of methoxy groups -OCH3 is 2. The van der Waals surface area contributed by atoms with Crippen molar-refractivity contribution in [3.05, 3.63) is 30.0 Å². The van der Waals surface area contributed by atoms with Crippen molar-refractivity contribution < 1.29 is 37.9 Å². The second-order valence-electron chi connectivity index (χ2n) is 10.8. The first kappa shape index (κ1) is 27.5. The van der Waals surface area contributed by atoms with Gasteiger partial charge in [-0.25, -0.2) is 14.4 Å². The van der Waals surface area contributed by atoms with E-state index < -0.39 is 48.1 Å². The molecule has 1 aromatic carbocycles. The predicted molar refractivity (Wildman–Crippen MR) is 134 cm³/mol. The number of carbonyl (C=O) groups is 3. The topological polar surface area (TPSA) is 114 Å². The van der Waals surface area contributed by atoms with Crippen LogP contribution in [0.4, 0.5) is 9.59 Å². The SMILES string of the molecule is COC(=O)N[C@H](Cc1cn(C(=O)OC(C)(C)C)c2cc(B3OC(C)(C)C(C)(C)O3)ccc12)C(=O)OC. The number of fused-ring (bicyclic) bond motifs is 1. The Hall–Kier alpha value is -3.05. The minimum absolute atomic E-state index is 0.0594. The Balaban J connectivity index is 2.08. The normalized spacial score (nSPS) is 17.5. The van der Waals surface area contributed by atoms with Crippen LogP contribution in [0.1, 0.15) is 54.0 Å². The summed E-state index contributed by atoms with van der Waals surface area (Å²) in [6.07, 6.45) is 0.302. The Morgan fingerprint density at radius 2 is 1.67 bits per heavy atom. The van der Waals surface area contributed by atoms with Crippen molar-refractivity contribution in [3.63, 3.8) is 0 Å². The fraction of sp³-hybridized carbons (Fsp3) is 0.560. The lowest BCUT2D eigenvalue weighted by Gasteiger charge is -2.32. The number of nitrogens with one attached hydrogen (secondary N) is 1. The van der Waals surface area contributed by atoms with Crippen LogP contribution < -0.4 is 10.8 Å². The molecule has 2 aromatic rings. The van der Waals surface area contributed by atoms with E-state index in [4.69, 9.17) is 18.8 Å². The zero-order valence-corrected chi connectivity index (χ0v) is 22.4. The maximum absolute atomic E-state index is 13.1. The predicted octanol–water partition coefficient (Wildman–Crippen LogP) is 3.16. The molecule has 2 heterocycles. The van der Waals surface area contributed by atoms with Crippen LogP contribution >= 0.6 is 0 Å². The summed E-state index contributed by atoms with van der Waals surface area (Å²) in [5.41, 5.74) is 0.123. The summed E-state index contributed by atoms with van der Waals surface area (Å²) in [5, 5.41) is 3.18. The minimum Gasteiger partial charge on any atom is -0.467 e. The molecule has 1 atom stereocenters. The maximum Gasteiger partial charge on any atom is 0.494 e. The molecule has 1 N–H and O–H groups in total. The molecule has 0 bridgehead atoms. The Morgan fingerprint density at radius 1 is 1.06 bits per heavy atom. The van der Waals surface area contributed by atoms with E-state index in [0.29, 0.717) is 16.5 Å². The molecule has 3 rings (SSSR count). The van der Waals surface area contributed by atoms with E-state index in [1.54, 1.807) is 27.0 Å². The van der Waals surface area contributed by atoms with Gasteiger partial charge in [-0.2, -0.15) is 0 Å². The zero-order chi connectivity index (χ0) is 27.1. The highest BCUT2D eigenvalue weighted by Gasteiger charge is 2.51. The number of amides is 1. The summed E-state index contributed by atoms with van der Waals surface area (Å²) >= 11 is 0. The van der Waals surface area contributed by atoms with E-state index in [1.165, 1.54) is 18.8 Å². The van der Waals surface area contributed by atoms with E-state index in [9.17, 15) is 14.4 Å². The van der Waals surface area contributed by atoms with E-state index in [1.807, 2.05) is 45.9 Å². The van der Waals surface area contributed by atoms with Crippen molar-refractivity contribution in [2.45, 2.75) is 77.7 Å². The van der Waals surface area contributed by atoms with Crippen LogP contribution in [0.2, 0.25) is 0 Å². The Morgan fingerprint density at radius 3 is 2.19 bits per heavy atom. The molecule has 1 aliphatic rings. The number of nitrogens with zero attached hydrogens (tertiary/aromatic N) is 1. The molecule has 1 aromatic heterocycles. The summed E-state index contributed by atoms with van der Waals surface area (Å²) in [6.45, 7) is 13.2. The average Bonchev–Trinajstić information content (AvgIpc) is 3.24. The van der Waals surface area contributed by atoms with E-state index in [-0.39, 0.29) is 6.42 Å². The van der Waals surface area contributed by atoms with Gasteiger partial charge in [-0.1, -0.05) is 12.1 Å². The average molecular weight is 502 g/mol. The van der Waals surface area contributed by atoms with Crippen molar-refractivity contribution in [3.8, 4) is 0 Å². The highest BCUT2D eigenvalue weighted by molar-refractivity contribution is 6.62. The summed E-state index contributed by atoms with van der Waals surface area (Å²) in [7, 11) is 1.80. The number of aromatic nitrogens is 1. The smallest absolute Gasteiger partial charge is 0.467 e.